The van der Waals surface area contributed by atoms with Gasteiger partial charge in [0.15, 0.2) is 0 Å². The van der Waals surface area contributed by atoms with Gasteiger partial charge in [-0.25, -0.2) is 9.97 Å². The van der Waals surface area contributed by atoms with Crippen LogP contribution in [0.3, 0.4) is 0 Å². The van der Waals surface area contributed by atoms with Crippen molar-refractivity contribution < 1.29 is 4.74 Å². The van der Waals surface area contributed by atoms with E-state index in [0.29, 0.717) is 0 Å². The summed E-state index contributed by atoms with van der Waals surface area (Å²) in [5, 5.41) is 5.48. The number of nitrogens with zero attached hydrogens (tertiary/aromatic N) is 2. The van der Waals surface area contributed by atoms with Gasteiger partial charge in [-0.3, -0.25) is 0 Å². The van der Waals surface area contributed by atoms with Gasteiger partial charge in [0.25, 0.3) is 0 Å². The molecule has 0 aliphatic carbocycles. The number of nitrogens with one attached hydrogen (secondary N) is 1. The van der Waals surface area contributed by atoms with E-state index in [-0.39, 0.29) is 0 Å². The van der Waals surface area contributed by atoms with Crippen LogP contribution in [0.25, 0.3) is 10.2 Å². The van der Waals surface area contributed by atoms with Gasteiger partial charge in [0.05, 0.1) is 12.1 Å². The molecule has 0 aromatic carbocycles. The molecule has 1 aliphatic rings. The van der Waals surface area contributed by atoms with Crippen LogP contribution in [0.2, 0.25) is 0 Å². The summed E-state index contributed by atoms with van der Waals surface area (Å²) in [5.41, 5.74) is 2.22. The minimum absolute atomic E-state index is 0.740. The van der Waals surface area contributed by atoms with Crippen molar-refractivity contribution in [3.05, 3.63) is 17.3 Å². The number of ether oxygens (including phenoxy) is 1. The minimum Gasteiger partial charge on any atom is -0.477 e. The molecule has 0 bridgehead atoms. The predicted octanol–water partition coefficient (Wildman–Crippen LogP) is 2.38. The van der Waals surface area contributed by atoms with Crippen LogP contribution in [-0.2, 0) is 0 Å². The molecule has 2 aromatic rings. The van der Waals surface area contributed by atoms with E-state index in [9.17, 15) is 0 Å². The molecule has 3 heterocycles. The highest BCUT2D eigenvalue weighted by atomic mass is 32.1. The van der Waals surface area contributed by atoms with Crippen molar-refractivity contribution in [1.29, 1.82) is 0 Å². The Balaban J connectivity index is 1.66. The fourth-order valence-corrected chi connectivity index (χ4v) is 3.28. The Labute approximate surface area is 110 Å². The summed E-state index contributed by atoms with van der Waals surface area (Å²) < 4.78 is 6.90. The summed E-state index contributed by atoms with van der Waals surface area (Å²) in [6, 6.07) is 0. The van der Waals surface area contributed by atoms with Crippen molar-refractivity contribution in [2.75, 3.05) is 19.7 Å². The van der Waals surface area contributed by atoms with Crippen molar-refractivity contribution in [3.8, 4) is 5.88 Å². The van der Waals surface area contributed by atoms with Crippen LogP contribution >= 0.6 is 11.3 Å². The standard InChI is InChI=1S/C13H17N3OS/c1-9-7-18-12-11(9)15-8-16-13(12)17-5-3-10-2-4-14-6-10/h7-8,10,14H,2-6H2,1H3. The van der Waals surface area contributed by atoms with E-state index >= 15 is 0 Å². The van der Waals surface area contributed by atoms with Crippen LogP contribution in [0, 0.1) is 12.8 Å². The van der Waals surface area contributed by atoms with Gasteiger partial charge in [-0.05, 0) is 49.7 Å². The fourth-order valence-electron chi connectivity index (χ4n) is 2.33. The van der Waals surface area contributed by atoms with Gasteiger partial charge in [0, 0.05) is 0 Å². The second-order valence-corrected chi connectivity index (χ2v) is 5.65. The molecule has 1 saturated heterocycles. The van der Waals surface area contributed by atoms with Crippen LogP contribution in [0.1, 0.15) is 18.4 Å². The summed E-state index contributed by atoms with van der Waals surface area (Å²) >= 11 is 1.66. The number of hydrogen-bond donors (Lipinski definition) is 1. The second-order valence-electron chi connectivity index (χ2n) is 4.77. The van der Waals surface area contributed by atoms with Crippen LogP contribution in [0.4, 0.5) is 0 Å². The van der Waals surface area contributed by atoms with Crippen LogP contribution in [-0.4, -0.2) is 29.7 Å². The Morgan fingerprint density at radius 3 is 3.28 bits per heavy atom. The Morgan fingerprint density at radius 2 is 2.44 bits per heavy atom. The van der Waals surface area contributed by atoms with Gasteiger partial charge in [-0.15, -0.1) is 11.3 Å². The SMILES string of the molecule is Cc1csc2c(OCCC3CCNC3)ncnc12. The highest BCUT2D eigenvalue weighted by Gasteiger charge is 2.15. The number of fused-ring (bicyclic) bond motifs is 1. The first-order valence-electron chi connectivity index (χ1n) is 6.37. The lowest BCUT2D eigenvalue weighted by Crippen LogP contribution is -2.12. The monoisotopic (exact) mass is 263 g/mol. The molecule has 1 N–H and O–H groups in total. The fraction of sp³-hybridized carbons (Fsp3) is 0.538. The lowest BCUT2D eigenvalue weighted by atomic mass is 10.1. The summed E-state index contributed by atoms with van der Waals surface area (Å²) in [6.45, 7) is 5.09. The first-order chi connectivity index (χ1) is 8.84. The molecule has 18 heavy (non-hydrogen) atoms. The number of hydrogen-bond acceptors (Lipinski definition) is 5. The van der Waals surface area contributed by atoms with E-state index in [1.165, 1.54) is 12.0 Å². The Bertz CT molecular complexity index is 534. The van der Waals surface area contributed by atoms with Crippen LogP contribution in [0.5, 0.6) is 5.88 Å². The normalized spacial score (nSPS) is 19.5. The Hall–Kier alpha value is -1.20. The molecule has 0 amide bonds. The molecule has 1 fully saturated rings. The van der Waals surface area contributed by atoms with Gasteiger partial charge < -0.3 is 10.1 Å². The Morgan fingerprint density at radius 1 is 1.50 bits per heavy atom. The molecule has 1 unspecified atom stereocenters. The molecule has 3 rings (SSSR count). The second kappa shape index (κ2) is 5.20. The number of thiophene rings is 1. The topological polar surface area (TPSA) is 47.0 Å². The smallest absolute Gasteiger partial charge is 0.234 e. The first-order valence-corrected chi connectivity index (χ1v) is 7.25. The van der Waals surface area contributed by atoms with Crippen LogP contribution in [0.15, 0.2) is 11.7 Å². The lowest BCUT2D eigenvalue weighted by molar-refractivity contribution is 0.277. The average molecular weight is 263 g/mol. The molecule has 1 aliphatic heterocycles. The number of rotatable bonds is 4. The van der Waals surface area contributed by atoms with E-state index < -0.39 is 0 Å². The average Bonchev–Trinajstić information content (AvgIpc) is 3.01. The van der Waals surface area contributed by atoms with Crippen molar-refractivity contribution in [2.24, 2.45) is 5.92 Å². The summed E-state index contributed by atoms with van der Waals surface area (Å²) in [6.07, 6.45) is 3.96. The maximum absolute atomic E-state index is 5.83. The van der Waals surface area contributed by atoms with E-state index in [4.69, 9.17) is 4.74 Å². The van der Waals surface area contributed by atoms with E-state index in [1.54, 1.807) is 17.7 Å². The van der Waals surface area contributed by atoms with Gasteiger partial charge in [-0.1, -0.05) is 0 Å². The highest BCUT2D eigenvalue weighted by Crippen LogP contribution is 2.30. The third-order valence-electron chi connectivity index (χ3n) is 3.43. The lowest BCUT2D eigenvalue weighted by Gasteiger charge is -2.09. The van der Waals surface area contributed by atoms with Crippen molar-refractivity contribution in [1.82, 2.24) is 15.3 Å². The van der Waals surface area contributed by atoms with Crippen molar-refractivity contribution >= 4 is 21.6 Å². The van der Waals surface area contributed by atoms with Crippen LogP contribution < -0.4 is 10.1 Å². The molecular formula is C13H17N3OS. The van der Waals surface area contributed by atoms with Crippen molar-refractivity contribution in [3.63, 3.8) is 0 Å². The largest absolute Gasteiger partial charge is 0.477 e. The summed E-state index contributed by atoms with van der Waals surface area (Å²) in [7, 11) is 0. The Kier molecular flexibility index (Phi) is 3.43. The third-order valence-corrected chi connectivity index (χ3v) is 4.50. The van der Waals surface area contributed by atoms with E-state index in [1.807, 2.05) is 0 Å². The molecule has 0 radical (unpaired) electrons. The predicted molar refractivity (Wildman–Crippen MR) is 73.2 cm³/mol. The minimum atomic E-state index is 0.740. The quantitative estimate of drug-likeness (QED) is 0.920. The van der Waals surface area contributed by atoms with Gasteiger partial charge in [-0.2, -0.15) is 0 Å². The van der Waals surface area contributed by atoms with E-state index in [2.05, 4.69) is 27.6 Å². The molecule has 2 aromatic heterocycles. The van der Waals surface area contributed by atoms with Gasteiger partial charge in [0.2, 0.25) is 5.88 Å². The maximum Gasteiger partial charge on any atom is 0.234 e. The van der Waals surface area contributed by atoms with E-state index in [0.717, 1.165) is 48.1 Å². The molecule has 0 saturated carbocycles. The summed E-state index contributed by atoms with van der Waals surface area (Å²) in [4.78, 5) is 8.54. The first kappa shape index (κ1) is 11.9. The van der Waals surface area contributed by atoms with Gasteiger partial charge in [0.1, 0.15) is 11.0 Å². The molecule has 4 nitrogen and oxygen atoms in total. The number of aryl methyl sites for hydroxylation is 1. The van der Waals surface area contributed by atoms with Gasteiger partial charge >= 0.3 is 0 Å². The zero-order valence-corrected chi connectivity index (χ0v) is 11.3. The molecular weight excluding hydrogens is 246 g/mol. The molecule has 96 valence electrons. The maximum atomic E-state index is 5.83. The zero-order valence-electron chi connectivity index (χ0n) is 10.5. The molecule has 5 heteroatoms. The van der Waals surface area contributed by atoms with Crippen molar-refractivity contribution in [2.45, 2.75) is 19.8 Å². The summed E-state index contributed by atoms with van der Waals surface area (Å²) in [5.74, 6) is 1.50. The third kappa shape index (κ3) is 2.33. The molecule has 0 spiro atoms. The zero-order chi connectivity index (χ0) is 12.4. The number of aromatic nitrogens is 2. The highest BCUT2D eigenvalue weighted by molar-refractivity contribution is 7.17. The molecule has 1 atom stereocenters.